The summed E-state index contributed by atoms with van der Waals surface area (Å²) in [5.41, 5.74) is 1.96. The van der Waals surface area contributed by atoms with E-state index >= 15 is 0 Å². The first-order valence-corrected chi connectivity index (χ1v) is 12.2. The molecule has 3 atom stereocenters. The predicted molar refractivity (Wildman–Crippen MR) is 131 cm³/mol. The molecule has 13 heteroatoms. The van der Waals surface area contributed by atoms with Crippen LogP contribution in [0.3, 0.4) is 0 Å². The van der Waals surface area contributed by atoms with Crippen molar-refractivity contribution in [2.75, 3.05) is 6.54 Å². The second-order valence-electron chi connectivity index (χ2n) is 9.19. The number of halogens is 3. The zero-order chi connectivity index (χ0) is 28.2. The van der Waals surface area contributed by atoms with Crippen LogP contribution in [0.2, 0.25) is 0 Å². The molecule has 1 saturated heterocycles. The minimum Gasteiger partial charge on any atom is -0.465 e. The third kappa shape index (κ3) is 6.72. The van der Waals surface area contributed by atoms with E-state index in [1.165, 1.54) is 19.1 Å². The molecule has 1 aliphatic rings. The van der Waals surface area contributed by atoms with Gasteiger partial charge in [0.15, 0.2) is 0 Å². The molecule has 10 nitrogen and oxygen atoms in total. The van der Waals surface area contributed by atoms with Crippen LogP contribution in [0.25, 0.3) is 11.4 Å². The Kier molecular flexibility index (Phi) is 8.17. The molecule has 4 rings (SSSR count). The van der Waals surface area contributed by atoms with E-state index in [-0.39, 0.29) is 24.8 Å². The molecular weight excluding hydrogens is 519 g/mol. The Hall–Kier alpha value is -4.42. The molecule has 0 aliphatic carbocycles. The zero-order valence-corrected chi connectivity index (χ0v) is 20.8. The molecule has 3 amide bonds. The molecule has 0 saturated carbocycles. The van der Waals surface area contributed by atoms with Crippen LogP contribution in [-0.4, -0.2) is 56.7 Å². The third-order valence-corrected chi connectivity index (χ3v) is 6.52. The van der Waals surface area contributed by atoms with Gasteiger partial charge in [0.1, 0.15) is 12.1 Å². The fourth-order valence-electron chi connectivity index (χ4n) is 4.42. The van der Waals surface area contributed by atoms with Gasteiger partial charge in [-0.1, -0.05) is 59.8 Å². The van der Waals surface area contributed by atoms with Gasteiger partial charge < -0.3 is 20.3 Å². The van der Waals surface area contributed by atoms with Crippen LogP contribution < -0.4 is 10.6 Å². The van der Waals surface area contributed by atoms with Crippen molar-refractivity contribution in [1.29, 1.82) is 0 Å². The number of hydrogen-bond donors (Lipinski definition) is 3. The molecule has 0 bridgehead atoms. The lowest BCUT2D eigenvalue weighted by atomic mass is 9.85. The lowest BCUT2D eigenvalue weighted by Crippen LogP contribution is -2.56. The highest BCUT2D eigenvalue weighted by atomic mass is 19.4. The number of aromatic nitrogens is 2. The largest absolute Gasteiger partial charge is 0.471 e. The fourth-order valence-corrected chi connectivity index (χ4v) is 4.42. The number of likely N-dealkylation sites (tertiary alicyclic amines) is 1. The molecule has 206 valence electrons. The Labute approximate surface area is 221 Å². The Morgan fingerprint density at radius 1 is 1.13 bits per heavy atom. The first kappa shape index (κ1) is 27.6. The summed E-state index contributed by atoms with van der Waals surface area (Å²) in [6, 6.07) is 13.8. The molecule has 0 radical (unpaired) electrons. The van der Waals surface area contributed by atoms with E-state index < -0.39 is 42.1 Å². The number of piperidine rings is 1. The normalized spacial score (nSPS) is 18.3. The van der Waals surface area contributed by atoms with Crippen LogP contribution in [0, 0.1) is 0 Å². The van der Waals surface area contributed by atoms with Gasteiger partial charge >= 0.3 is 18.2 Å². The number of nitrogens with one attached hydrogen (secondary N) is 2. The summed E-state index contributed by atoms with van der Waals surface area (Å²) in [6.45, 7) is 1.78. The summed E-state index contributed by atoms with van der Waals surface area (Å²) in [5, 5.41) is 18.2. The molecule has 1 aliphatic heterocycles. The number of alkyl halides is 3. The highest BCUT2D eigenvalue weighted by Crippen LogP contribution is 2.32. The SMILES string of the molecule is CC(NC(=O)[C@H]1C[C@@H](c2ccccc2)CCN1C(=O)O)C(=O)NCc1ccc(-c2noc(C(F)(F)F)n2)cc1. The number of benzene rings is 2. The zero-order valence-electron chi connectivity index (χ0n) is 20.8. The number of amides is 3. The van der Waals surface area contributed by atoms with E-state index in [0.717, 1.165) is 10.5 Å². The van der Waals surface area contributed by atoms with E-state index in [2.05, 4.69) is 25.3 Å². The lowest BCUT2D eigenvalue weighted by Gasteiger charge is -2.37. The van der Waals surface area contributed by atoms with Crippen molar-refractivity contribution in [3.8, 4) is 11.4 Å². The van der Waals surface area contributed by atoms with Crippen molar-refractivity contribution < 1.29 is 37.2 Å². The van der Waals surface area contributed by atoms with E-state index in [1.807, 2.05) is 30.3 Å². The summed E-state index contributed by atoms with van der Waals surface area (Å²) in [7, 11) is 0. The van der Waals surface area contributed by atoms with Crippen LogP contribution in [0.5, 0.6) is 0 Å². The molecule has 2 heterocycles. The highest BCUT2D eigenvalue weighted by Gasteiger charge is 2.39. The molecule has 1 unspecified atom stereocenters. The second-order valence-corrected chi connectivity index (χ2v) is 9.19. The van der Waals surface area contributed by atoms with Crippen molar-refractivity contribution in [3.05, 3.63) is 71.6 Å². The van der Waals surface area contributed by atoms with Gasteiger partial charge in [0.2, 0.25) is 17.6 Å². The van der Waals surface area contributed by atoms with Gasteiger partial charge in [-0.05, 0) is 36.8 Å². The minimum absolute atomic E-state index is 0.0113. The van der Waals surface area contributed by atoms with Gasteiger partial charge in [0.25, 0.3) is 0 Å². The van der Waals surface area contributed by atoms with Crippen molar-refractivity contribution >= 4 is 17.9 Å². The highest BCUT2D eigenvalue weighted by molar-refractivity contribution is 5.91. The van der Waals surface area contributed by atoms with Crippen LogP contribution >= 0.6 is 0 Å². The fraction of sp³-hybridized carbons (Fsp3) is 0.346. The smallest absolute Gasteiger partial charge is 0.465 e. The van der Waals surface area contributed by atoms with Crippen molar-refractivity contribution in [2.24, 2.45) is 0 Å². The number of rotatable bonds is 7. The maximum atomic E-state index is 13.0. The average Bonchev–Trinajstić information content (AvgIpc) is 3.43. The predicted octanol–water partition coefficient (Wildman–Crippen LogP) is 3.80. The van der Waals surface area contributed by atoms with Crippen LogP contribution in [-0.2, 0) is 22.3 Å². The van der Waals surface area contributed by atoms with E-state index in [4.69, 9.17) is 0 Å². The van der Waals surface area contributed by atoms with Crippen molar-refractivity contribution in [2.45, 2.75) is 50.5 Å². The molecule has 1 aromatic heterocycles. The molecule has 2 aromatic carbocycles. The molecule has 1 fully saturated rings. The van der Waals surface area contributed by atoms with Crippen molar-refractivity contribution in [3.63, 3.8) is 0 Å². The van der Waals surface area contributed by atoms with Gasteiger partial charge in [-0.25, -0.2) is 4.79 Å². The topological polar surface area (TPSA) is 138 Å². The maximum Gasteiger partial charge on any atom is 0.471 e. The van der Waals surface area contributed by atoms with E-state index in [1.54, 1.807) is 12.1 Å². The van der Waals surface area contributed by atoms with Crippen LogP contribution in [0.4, 0.5) is 18.0 Å². The number of nitrogens with zero attached hydrogens (tertiary/aromatic N) is 3. The first-order chi connectivity index (χ1) is 18.5. The Balaban J connectivity index is 1.32. The number of carboxylic acid groups (broad SMARTS) is 1. The van der Waals surface area contributed by atoms with E-state index in [0.29, 0.717) is 24.0 Å². The van der Waals surface area contributed by atoms with E-state index in [9.17, 15) is 32.7 Å². The Bertz CT molecular complexity index is 1310. The number of carbonyl (C=O) groups excluding carboxylic acids is 2. The molecule has 3 aromatic rings. The maximum absolute atomic E-state index is 13.0. The van der Waals surface area contributed by atoms with Gasteiger partial charge in [0.05, 0.1) is 0 Å². The molecule has 3 N–H and O–H groups in total. The molecule has 0 spiro atoms. The molecule has 39 heavy (non-hydrogen) atoms. The van der Waals surface area contributed by atoms with Gasteiger partial charge in [-0.2, -0.15) is 18.2 Å². The Morgan fingerprint density at radius 2 is 1.82 bits per heavy atom. The summed E-state index contributed by atoms with van der Waals surface area (Å²) >= 11 is 0. The average molecular weight is 546 g/mol. The van der Waals surface area contributed by atoms with Gasteiger partial charge in [0, 0.05) is 18.7 Å². The van der Waals surface area contributed by atoms with Crippen LogP contribution in [0.1, 0.15) is 42.7 Å². The minimum atomic E-state index is -4.74. The Morgan fingerprint density at radius 3 is 2.44 bits per heavy atom. The van der Waals surface area contributed by atoms with Crippen LogP contribution in [0.15, 0.2) is 59.1 Å². The summed E-state index contributed by atoms with van der Waals surface area (Å²) in [4.78, 5) is 41.8. The quantitative estimate of drug-likeness (QED) is 0.411. The summed E-state index contributed by atoms with van der Waals surface area (Å²) in [5.74, 6) is -2.69. The van der Waals surface area contributed by atoms with Gasteiger partial charge in [-0.15, -0.1) is 0 Å². The van der Waals surface area contributed by atoms with Crippen molar-refractivity contribution in [1.82, 2.24) is 25.7 Å². The number of hydrogen-bond acceptors (Lipinski definition) is 6. The summed E-state index contributed by atoms with van der Waals surface area (Å²) in [6.07, 6.45) is -5.05. The monoisotopic (exact) mass is 545 g/mol. The number of carbonyl (C=O) groups is 3. The summed E-state index contributed by atoms with van der Waals surface area (Å²) < 4.78 is 42.2. The van der Waals surface area contributed by atoms with Gasteiger partial charge in [-0.3, -0.25) is 14.5 Å². The third-order valence-electron chi connectivity index (χ3n) is 6.52. The lowest BCUT2D eigenvalue weighted by molar-refractivity contribution is -0.159. The standard InChI is InChI=1S/C26H26F3N5O5/c1-15(31-23(36)20-13-19(11-12-34(20)25(37)38)17-5-3-2-4-6-17)22(35)30-14-16-7-9-18(10-8-16)21-32-24(39-33-21)26(27,28)29/h2-10,15,19-20H,11-14H2,1H3,(H,30,35)(H,31,36)(H,37,38)/t15?,19-,20+/m0/s1. The molecular formula is C26H26F3N5O5. The second kappa shape index (κ2) is 11.5. The first-order valence-electron chi connectivity index (χ1n) is 12.2.